The summed E-state index contributed by atoms with van der Waals surface area (Å²) in [6.07, 6.45) is 4.71. The Kier molecular flexibility index (Phi) is 7.80. The zero-order valence-electron chi connectivity index (χ0n) is 20.7. The van der Waals surface area contributed by atoms with Crippen molar-refractivity contribution in [2.75, 3.05) is 13.1 Å². The molecule has 0 bridgehead atoms. The first kappa shape index (κ1) is 25.7. The largest absolute Gasteiger partial charge is 0.414 e. The van der Waals surface area contributed by atoms with Crippen molar-refractivity contribution < 1.29 is 27.5 Å². The second-order valence-electron chi connectivity index (χ2n) is 9.82. The van der Waals surface area contributed by atoms with E-state index in [1.54, 1.807) is 6.08 Å². The summed E-state index contributed by atoms with van der Waals surface area (Å²) in [5.74, 6) is 0.194. The molecule has 1 amide bonds. The van der Waals surface area contributed by atoms with Crippen LogP contribution in [-0.2, 0) is 36.7 Å². The van der Waals surface area contributed by atoms with Crippen LogP contribution >= 0.6 is 0 Å². The third kappa shape index (κ3) is 6.51. The number of alkyl carbamates (subject to hydrolysis) is 1. The highest BCUT2D eigenvalue weighted by Crippen LogP contribution is 2.33. The summed E-state index contributed by atoms with van der Waals surface area (Å²) in [4.78, 5) is 18.3. The van der Waals surface area contributed by atoms with Gasteiger partial charge in [0.15, 0.2) is 0 Å². The van der Waals surface area contributed by atoms with Gasteiger partial charge in [-0.15, -0.1) is 0 Å². The lowest BCUT2D eigenvalue weighted by atomic mass is 9.93. The number of rotatable bonds is 8. The first-order chi connectivity index (χ1) is 17.9. The molecule has 1 saturated heterocycles. The molecule has 2 aromatic carbocycles. The van der Waals surface area contributed by atoms with Crippen molar-refractivity contribution in [2.45, 2.75) is 62.2 Å². The quantitative estimate of drug-likeness (QED) is 0.540. The van der Waals surface area contributed by atoms with Crippen molar-refractivity contribution >= 4 is 16.1 Å². The molecular formula is C27H33N3O6S. The molecule has 9 nitrogen and oxygen atoms in total. The average Bonchev–Trinajstić information content (AvgIpc) is 3.50. The van der Waals surface area contributed by atoms with Crippen LogP contribution in [0.1, 0.15) is 43.2 Å². The first-order valence-electron chi connectivity index (χ1n) is 12.7. The number of hydrogen-bond acceptors (Lipinski definition) is 7. The molecule has 37 heavy (non-hydrogen) atoms. The molecule has 3 aliphatic rings. The number of nitrogens with zero attached hydrogens (tertiary/aromatic N) is 1. The molecule has 0 radical (unpaired) electrons. The first-order valence-corrected chi connectivity index (χ1v) is 14.3. The highest BCUT2D eigenvalue weighted by Gasteiger charge is 2.42. The monoisotopic (exact) mass is 527 g/mol. The number of hydrogen-bond donors (Lipinski definition) is 2. The van der Waals surface area contributed by atoms with E-state index in [-0.39, 0.29) is 23.8 Å². The van der Waals surface area contributed by atoms with Gasteiger partial charge in [-0.2, -0.15) is 0 Å². The summed E-state index contributed by atoms with van der Waals surface area (Å²) in [5, 5.41) is 2.92. The fourth-order valence-electron chi connectivity index (χ4n) is 5.11. The molecule has 2 N–H and O–H groups in total. The Morgan fingerprint density at radius 3 is 2.41 bits per heavy atom. The Morgan fingerprint density at radius 1 is 1.03 bits per heavy atom. The van der Waals surface area contributed by atoms with Gasteiger partial charge in [-0.3, -0.25) is 4.84 Å². The minimum absolute atomic E-state index is 0.0262. The van der Waals surface area contributed by atoms with Crippen molar-refractivity contribution in [1.29, 1.82) is 0 Å². The molecule has 0 aromatic heterocycles. The van der Waals surface area contributed by atoms with Gasteiger partial charge in [-0.25, -0.2) is 23.0 Å². The van der Waals surface area contributed by atoms with E-state index in [2.05, 4.69) is 10.8 Å². The molecule has 1 aliphatic carbocycles. The van der Waals surface area contributed by atoms with Gasteiger partial charge in [0, 0.05) is 19.2 Å². The number of carbonyl (C=O) groups is 1. The molecule has 10 heteroatoms. The van der Waals surface area contributed by atoms with Crippen LogP contribution in [0.3, 0.4) is 0 Å². The Morgan fingerprint density at radius 2 is 1.70 bits per heavy atom. The fraction of sp³-hybridized carbons (Fsp3) is 0.444. The summed E-state index contributed by atoms with van der Waals surface area (Å²) in [5.41, 5.74) is 3.85. The number of carbonyl (C=O) groups excluding carboxylic acids is 1. The highest BCUT2D eigenvalue weighted by molar-refractivity contribution is 7.88. The van der Waals surface area contributed by atoms with Crippen LogP contribution in [0.25, 0.3) is 0 Å². The Balaban J connectivity index is 1.10. The van der Waals surface area contributed by atoms with Gasteiger partial charge in [-0.05, 0) is 43.2 Å². The minimum Gasteiger partial charge on any atom is -0.392 e. The second-order valence-corrected chi connectivity index (χ2v) is 11.8. The van der Waals surface area contributed by atoms with Crippen LogP contribution in [0.4, 0.5) is 4.79 Å². The second kappa shape index (κ2) is 11.2. The number of ether oxygens (including phenoxy) is 2. The van der Waals surface area contributed by atoms with Crippen molar-refractivity contribution in [3.63, 3.8) is 0 Å². The van der Waals surface area contributed by atoms with E-state index < -0.39 is 21.7 Å². The van der Waals surface area contributed by atoms with Crippen molar-refractivity contribution in [1.82, 2.24) is 15.1 Å². The van der Waals surface area contributed by atoms with Gasteiger partial charge in [0.1, 0.15) is 5.60 Å². The molecule has 2 aliphatic heterocycles. The molecule has 2 fully saturated rings. The molecule has 5 rings (SSSR count). The number of hydroxylamine groups is 1. The van der Waals surface area contributed by atoms with Crippen molar-refractivity contribution in [2.24, 2.45) is 0 Å². The Bertz CT molecular complexity index is 1200. The highest BCUT2D eigenvalue weighted by atomic mass is 32.2. The zero-order chi connectivity index (χ0) is 25.7. The molecular weight excluding hydrogens is 494 g/mol. The van der Waals surface area contributed by atoms with Gasteiger partial charge in [0.25, 0.3) is 0 Å². The van der Waals surface area contributed by atoms with Gasteiger partial charge in [-0.1, -0.05) is 60.7 Å². The lowest BCUT2D eigenvalue weighted by Gasteiger charge is -2.35. The number of piperidine rings is 1. The predicted octanol–water partition coefficient (Wildman–Crippen LogP) is 3.59. The van der Waals surface area contributed by atoms with Crippen LogP contribution in [-0.4, -0.2) is 49.7 Å². The summed E-state index contributed by atoms with van der Waals surface area (Å²) in [6, 6.07) is 19.0. The molecule has 198 valence electrons. The molecule has 2 unspecified atom stereocenters. The summed E-state index contributed by atoms with van der Waals surface area (Å²) in [6.45, 7) is 1.16. The van der Waals surface area contributed by atoms with E-state index >= 15 is 0 Å². The van der Waals surface area contributed by atoms with Crippen LogP contribution in [0, 0.1) is 0 Å². The van der Waals surface area contributed by atoms with Crippen LogP contribution < -0.4 is 10.8 Å². The Hall–Kier alpha value is -2.92. The van der Waals surface area contributed by atoms with E-state index in [4.69, 9.17) is 14.3 Å². The van der Waals surface area contributed by atoms with E-state index in [1.807, 2.05) is 60.7 Å². The van der Waals surface area contributed by atoms with Gasteiger partial charge in [0.2, 0.25) is 15.9 Å². The minimum atomic E-state index is -3.43. The third-order valence-electron chi connectivity index (χ3n) is 7.17. The van der Waals surface area contributed by atoms with Crippen LogP contribution in [0.2, 0.25) is 0 Å². The normalized spacial score (nSPS) is 23.4. The predicted molar refractivity (Wildman–Crippen MR) is 137 cm³/mol. The maximum Gasteiger partial charge on any atom is 0.414 e. The van der Waals surface area contributed by atoms with Gasteiger partial charge < -0.3 is 14.8 Å². The maximum absolute atomic E-state index is 12.9. The third-order valence-corrected chi connectivity index (χ3v) is 9.02. The molecule has 2 atom stereocenters. The van der Waals surface area contributed by atoms with Crippen LogP contribution in [0.5, 0.6) is 0 Å². The SMILES string of the molecule is O=C(NC1CCCC1OCc1ccccc1)OC1=CC2(CCN(S(=O)(=O)Cc3ccccc3)CC2)ON1. The fourth-order valence-corrected chi connectivity index (χ4v) is 6.65. The topological polar surface area (TPSA) is 106 Å². The van der Waals surface area contributed by atoms with Crippen LogP contribution in [0.15, 0.2) is 72.6 Å². The van der Waals surface area contributed by atoms with E-state index in [9.17, 15) is 13.2 Å². The van der Waals surface area contributed by atoms with Gasteiger partial charge in [0.05, 0.1) is 24.5 Å². The van der Waals surface area contributed by atoms with E-state index in [0.717, 1.165) is 30.4 Å². The summed E-state index contributed by atoms with van der Waals surface area (Å²) >= 11 is 0. The molecule has 2 heterocycles. The maximum atomic E-state index is 12.9. The number of sulfonamides is 1. The number of amides is 1. The lowest BCUT2D eigenvalue weighted by molar-refractivity contribution is -0.0730. The van der Waals surface area contributed by atoms with Crippen molar-refractivity contribution in [3.05, 3.63) is 83.7 Å². The summed E-state index contributed by atoms with van der Waals surface area (Å²) in [7, 11) is -3.43. The number of nitrogens with one attached hydrogen (secondary N) is 2. The standard InChI is InChI=1S/C27H33N3O6S/c31-26(28-23-12-7-13-24(23)34-19-21-8-3-1-4-9-21)35-25-18-27(36-29-25)14-16-30(17-15-27)37(32,33)20-22-10-5-2-6-11-22/h1-6,8-11,18,23-24,29H,7,12-17,19-20H2,(H,28,31). The smallest absolute Gasteiger partial charge is 0.392 e. The van der Waals surface area contributed by atoms with E-state index in [1.165, 1.54) is 4.31 Å². The average molecular weight is 528 g/mol. The van der Waals surface area contributed by atoms with Gasteiger partial charge >= 0.3 is 6.09 Å². The zero-order valence-corrected chi connectivity index (χ0v) is 21.5. The molecule has 2 aromatic rings. The Labute approximate surface area is 217 Å². The number of benzene rings is 2. The summed E-state index contributed by atoms with van der Waals surface area (Å²) < 4.78 is 38.7. The molecule has 1 spiro atoms. The van der Waals surface area contributed by atoms with Crippen molar-refractivity contribution in [3.8, 4) is 0 Å². The molecule has 1 saturated carbocycles. The van der Waals surface area contributed by atoms with E-state index in [0.29, 0.717) is 32.5 Å². The lowest BCUT2D eigenvalue weighted by Crippen LogP contribution is -2.47.